The number of fused-ring (bicyclic) bond motifs is 1. The van der Waals surface area contributed by atoms with E-state index in [0.29, 0.717) is 30.0 Å². The number of furan rings is 1. The van der Waals surface area contributed by atoms with E-state index < -0.39 is 0 Å². The molecule has 1 aromatic carbocycles. The first-order valence-electron chi connectivity index (χ1n) is 10.9. The molecule has 0 radical (unpaired) electrons. The van der Waals surface area contributed by atoms with E-state index in [1.54, 1.807) is 17.8 Å². The van der Waals surface area contributed by atoms with E-state index in [0.717, 1.165) is 29.1 Å². The molecule has 1 N–H and O–H groups in total. The summed E-state index contributed by atoms with van der Waals surface area (Å²) in [4.78, 5) is 32.9. The van der Waals surface area contributed by atoms with Crippen LogP contribution >= 0.6 is 11.8 Å². The van der Waals surface area contributed by atoms with Gasteiger partial charge in [0.05, 0.1) is 23.1 Å². The monoisotopic (exact) mass is 460 g/mol. The highest BCUT2D eigenvalue weighted by atomic mass is 32.2. The lowest BCUT2D eigenvalue weighted by atomic mass is 10.0. The van der Waals surface area contributed by atoms with Gasteiger partial charge in [-0.1, -0.05) is 18.2 Å². The van der Waals surface area contributed by atoms with Gasteiger partial charge in [0.25, 0.3) is 11.8 Å². The number of likely N-dealkylation sites (tertiary alicyclic amines) is 1. The van der Waals surface area contributed by atoms with Gasteiger partial charge in [0, 0.05) is 42.2 Å². The number of nitrogens with one attached hydrogen (secondary N) is 1. The van der Waals surface area contributed by atoms with Gasteiger partial charge in [-0.05, 0) is 43.2 Å². The summed E-state index contributed by atoms with van der Waals surface area (Å²) in [5.41, 5.74) is 3.12. The Bertz CT molecular complexity index is 1230. The van der Waals surface area contributed by atoms with Crippen LogP contribution in [0.15, 0.2) is 82.8 Å². The van der Waals surface area contributed by atoms with Crippen molar-refractivity contribution >= 4 is 29.2 Å². The second-order valence-electron chi connectivity index (χ2n) is 8.04. The van der Waals surface area contributed by atoms with Gasteiger partial charge < -0.3 is 19.0 Å². The third-order valence-electron chi connectivity index (χ3n) is 5.81. The standard InChI is InChI=1S/C25H24N4O3S/c30-24(27-19-8-12-28(13-9-19)25(31)18-10-14-32-16-18)21-5-1-2-6-22(21)33-17-20-15-29-11-4-3-7-23(29)26-20/h1-7,10-11,14-16,19H,8-9,12-13,17H2,(H,27,30). The quantitative estimate of drug-likeness (QED) is 0.435. The molecule has 1 saturated heterocycles. The van der Waals surface area contributed by atoms with Crippen molar-refractivity contribution in [1.82, 2.24) is 19.6 Å². The molecular formula is C25H24N4O3S. The van der Waals surface area contributed by atoms with Crippen LogP contribution in [0.1, 0.15) is 39.3 Å². The summed E-state index contributed by atoms with van der Waals surface area (Å²) in [6.07, 6.45) is 8.43. The minimum absolute atomic E-state index is 0.0257. The summed E-state index contributed by atoms with van der Waals surface area (Å²) in [7, 11) is 0. The number of pyridine rings is 1. The molecule has 0 atom stereocenters. The molecule has 7 nitrogen and oxygen atoms in total. The zero-order valence-corrected chi connectivity index (χ0v) is 18.8. The van der Waals surface area contributed by atoms with Gasteiger partial charge in [-0.2, -0.15) is 0 Å². The first-order valence-corrected chi connectivity index (χ1v) is 11.9. The largest absolute Gasteiger partial charge is 0.472 e. The van der Waals surface area contributed by atoms with Crippen molar-refractivity contribution in [2.75, 3.05) is 13.1 Å². The Balaban J connectivity index is 1.19. The van der Waals surface area contributed by atoms with E-state index in [-0.39, 0.29) is 17.9 Å². The van der Waals surface area contributed by atoms with Crippen molar-refractivity contribution < 1.29 is 14.0 Å². The van der Waals surface area contributed by atoms with Gasteiger partial charge in [-0.25, -0.2) is 4.98 Å². The highest BCUT2D eigenvalue weighted by molar-refractivity contribution is 7.98. The summed E-state index contributed by atoms with van der Waals surface area (Å²) in [6.45, 7) is 1.22. The van der Waals surface area contributed by atoms with Crippen molar-refractivity contribution in [2.24, 2.45) is 0 Å². The lowest BCUT2D eigenvalue weighted by Gasteiger charge is -2.32. The second kappa shape index (κ2) is 9.54. The molecule has 33 heavy (non-hydrogen) atoms. The summed E-state index contributed by atoms with van der Waals surface area (Å²) >= 11 is 1.61. The maximum atomic E-state index is 13.1. The molecule has 1 fully saturated rings. The maximum Gasteiger partial charge on any atom is 0.257 e. The van der Waals surface area contributed by atoms with E-state index in [1.807, 2.05) is 64.2 Å². The van der Waals surface area contributed by atoms with Crippen LogP contribution in [0.5, 0.6) is 0 Å². The van der Waals surface area contributed by atoms with Crippen molar-refractivity contribution in [2.45, 2.75) is 29.5 Å². The maximum absolute atomic E-state index is 13.1. The van der Waals surface area contributed by atoms with Crippen LogP contribution in [-0.2, 0) is 5.75 Å². The Hall–Kier alpha value is -3.52. The molecule has 4 heterocycles. The molecule has 8 heteroatoms. The minimum atomic E-state index is -0.0762. The average Bonchev–Trinajstić information content (AvgIpc) is 3.53. The first-order chi connectivity index (χ1) is 16.2. The third-order valence-corrected chi connectivity index (χ3v) is 6.91. The Morgan fingerprint density at radius 3 is 2.70 bits per heavy atom. The fourth-order valence-electron chi connectivity index (χ4n) is 4.05. The van der Waals surface area contributed by atoms with Crippen molar-refractivity contribution in [3.8, 4) is 0 Å². The Morgan fingerprint density at radius 2 is 1.91 bits per heavy atom. The number of aromatic nitrogens is 2. The number of piperidine rings is 1. The van der Waals surface area contributed by atoms with E-state index in [2.05, 4.69) is 10.3 Å². The SMILES string of the molecule is O=C(NC1CCN(C(=O)c2ccoc2)CC1)c1ccccc1SCc1cn2ccccc2n1. The molecule has 0 spiro atoms. The third kappa shape index (κ3) is 4.80. The highest BCUT2D eigenvalue weighted by Crippen LogP contribution is 2.27. The van der Waals surface area contributed by atoms with Gasteiger partial charge in [0.1, 0.15) is 11.9 Å². The zero-order valence-electron chi connectivity index (χ0n) is 18.0. The summed E-state index contributed by atoms with van der Waals surface area (Å²) in [5.74, 6) is 0.579. The average molecular weight is 461 g/mol. The topological polar surface area (TPSA) is 79.9 Å². The molecule has 0 bridgehead atoms. The number of hydrogen-bond donors (Lipinski definition) is 1. The van der Waals surface area contributed by atoms with E-state index >= 15 is 0 Å². The lowest BCUT2D eigenvalue weighted by Crippen LogP contribution is -2.46. The summed E-state index contributed by atoms with van der Waals surface area (Å²) < 4.78 is 7.01. The number of carbonyl (C=O) groups is 2. The highest BCUT2D eigenvalue weighted by Gasteiger charge is 2.26. The van der Waals surface area contributed by atoms with Crippen LogP contribution in [0.3, 0.4) is 0 Å². The van der Waals surface area contributed by atoms with Gasteiger partial charge in [0.2, 0.25) is 0 Å². The van der Waals surface area contributed by atoms with Crippen LogP contribution < -0.4 is 5.32 Å². The number of imidazole rings is 1. The number of thioether (sulfide) groups is 1. The van der Waals surface area contributed by atoms with Crippen LogP contribution in [0.25, 0.3) is 5.65 Å². The Labute approximate surface area is 195 Å². The van der Waals surface area contributed by atoms with Crippen molar-refractivity contribution in [1.29, 1.82) is 0 Å². The van der Waals surface area contributed by atoms with Crippen molar-refractivity contribution in [3.05, 3.63) is 90.3 Å². The predicted molar refractivity (Wildman–Crippen MR) is 126 cm³/mol. The van der Waals surface area contributed by atoms with E-state index in [9.17, 15) is 9.59 Å². The number of benzene rings is 1. The fourth-order valence-corrected chi connectivity index (χ4v) is 4.98. The van der Waals surface area contributed by atoms with E-state index in [4.69, 9.17) is 4.42 Å². The molecule has 4 aromatic rings. The number of nitrogens with zero attached hydrogens (tertiary/aromatic N) is 3. The normalized spacial score (nSPS) is 14.5. The molecule has 1 aliphatic rings. The second-order valence-corrected chi connectivity index (χ2v) is 9.05. The fraction of sp³-hybridized carbons (Fsp3) is 0.240. The molecular weight excluding hydrogens is 436 g/mol. The van der Waals surface area contributed by atoms with Gasteiger partial charge >= 0.3 is 0 Å². The molecule has 0 aliphatic carbocycles. The smallest absolute Gasteiger partial charge is 0.257 e. The van der Waals surface area contributed by atoms with Crippen LogP contribution in [0.2, 0.25) is 0 Å². The molecule has 1 aliphatic heterocycles. The predicted octanol–water partition coefficient (Wildman–Crippen LogP) is 4.25. The lowest BCUT2D eigenvalue weighted by molar-refractivity contribution is 0.0697. The van der Waals surface area contributed by atoms with Crippen LogP contribution in [0.4, 0.5) is 0 Å². The van der Waals surface area contributed by atoms with Gasteiger partial charge in [0.15, 0.2) is 0 Å². The van der Waals surface area contributed by atoms with Gasteiger partial charge in [-0.15, -0.1) is 11.8 Å². The summed E-state index contributed by atoms with van der Waals surface area (Å²) in [5, 5.41) is 3.16. The Morgan fingerprint density at radius 1 is 1.09 bits per heavy atom. The molecule has 3 aromatic heterocycles. The minimum Gasteiger partial charge on any atom is -0.472 e. The van der Waals surface area contributed by atoms with Crippen molar-refractivity contribution in [3.63, 3.8) is 0 Å². The number of amides is 2. The molecule has 0 saturated carbocycles. The zero-order chi connectivity index (χ0) is 22.6. The molecule has 2 amide bonds. The summed E-state index contributed by atoms with van der Waals surface area (Å²) in [6, 6.07) is 15.3. The number of carbonyl (C=O) groups excluding carboxylic acids is 2. The van der Waals surface area contributed by atoms with E-state index in [1.165, 1.54) is 12.5 Å². The molecule has 168 valence electrons. The van der Waals surface area contributed by atoms with Crippen LogP contribution in [0, 0.1) is 0 Å². The number of rotatable bonds is 6. The Kier molecular flexibility index (Phi) is 6.17. The molecule has 5 rings (SSSR count). The van der Waals surface area contributed by atoms with Gasteiger partial charge in [-0.3, -0.25) is 9.59 Å². The van der Waals surface area contributed by atoms with Crippen LogP contribution in [-0.4, -0.2) is 45.2 Å². The molecule has 0 unspecified atom stereocenters. The number of hydrogen-bond acceptors (Lipinski definition) is 5. The first kappa shape index (κ1) is 21.3.